The van der Waals surface area contributed by atoms with Crippen molar-refractivity contribution in [1.82, 2.24) is 5.32 Å². The van der Waals surface area contributed by atoms with Gasteiger partial charge in [-0.3, -0.25) is 9.59 Å². The molecule has 0 spiro atoms. The molecule has 0 atom stereocenters. The van der Waals surface area contributed by atoms with Gasteiger partial charge in [-0.15, -0.1) is 0 Å². The molecule has 132 valence electrons. The third-order valence-electron chi connectivity index (χ3n) is 4.95. The maximum Gasteiger partial charge on any atom is 0.287 e. The minimum Gasteiger partial charge on any atom is -0.455 e. The largest absolute Gasteiger partial charge is 0.455 e. The second-order valence-electron chi connectivity index (χ2n) is 7.66. The summed E-state index contributed by atoms with van der Waals surface area (Å²) in [6.07, 6.45) is 1.20. The summed E-state index contributed by atoms with van der Waals surface area (Å²) in [6.45, 7) is 10.9. The van der Waals surface area contributed by atoms with Gasteiger partial charge in [0.1, 0.15) is 18.8 Å². The number of ketones is 1. The second-order valence-corrected chi connectivity index (χ2v) is 7.66. The van der Waals surface area contributed by atoms with Crippen LogP contribution in [0, 0.1) is 12.3 Å². The number of carbonyl (C=O) groups excluding carboxylic acids is 2. The van der Waals surface area contributed by atoms with Crippen molar-refractivity contribution in [3.05, 3.63) is 22.6 Å². The molecule has 0 unspecified atom stereocenters. The number of Topliss-reactive ketones (excluding diaryl/α,β-unsaturated/α-hetero) is 1. The average Bonchev–Trinajstić information content (AvgIpc) is 2.83. The van der Waals surface area contributed by atoms with Gasteiger partial charge in [0.25, 0.3) is 5.91 Å². The highest BCUT2D eigenvalue weighted by atomic mass is 16.5. The number of carbonyl (C=O) groups is 2. The zero-order valence-corrected chi connectivity index (χ0v) is 14.8. The fourth-order valence-electron chi connectivity index (χ4n) is 3.64. The van der Waals surface area contributed by atoms with Crippen LogP contribution in [0.1, 0.15) is 52.5 Å². The Morgan fingerprint density at radius 2 is 1.96 bits per heavy atom. The quantitative estimate of drug-likeness (QED) is 0.835. The van der Waals surface area contributed by atoms with Crippen LogP contribution in [0.4, 0.5) is 0 Å². The molecule has 1 aromatic heterocycles. The van der Waals surface area contributed by atoms with Gasteiger partial charge in [0.15, 0.2) is 11.5 Å². The first-order valence-electron chi connectivity index (χ1n) is 8.72. The lowest BCUT2D eigenvalue weighted by molar-refractivity contribution is -0.906. The molecule has 3 rings (SSSR count). The number of fused-ring (bicyclic) bond motifs is 1. The van der Waals surface area contributed by atoms with Crippen molar-refractivity contribution in [2.75, 3.05) is 39.4 Å². The standard InChI is InChI=1S/C18H26N2O4/c1-12-15-13(21)10-18(2,3)11-14(15)24-16(12)17(22)19-4-5-20-6-8-23-9-7-20/h4-11H2,1-3H3,(H,19,22)/p+1. The summed E-state index contributed by atoms with van der Waals surface area (Å²) in [5.74, 6) is 0.820. The normalized spacial score (nSPS) is 20.7. The third-order valence-corrected chi connectivity index (χ3v) is 4.95. The van der Waals surface area contributed by atoms with Crippen LogP contribution in [0.5, 0.6) is 0 Å². The SMILES string of the molecule is Cc1c(C(=O)NCC[NH+]2CCOCC2)oc2c1C(=O)CC(C)(C)C2. The molecule has 1 aliphatic carbocycles. The topological polar surface area (TPSA) is 73.0 Å². The van der Waals surface area contributed by atoms with Crippen LogP contribution in [0.25, 0.3) is 0 Å². The van der Waals surface area contributed by atoms with E-state index in [4.69, 9.17) is 9.15 Å². The summed E-state index contributed by atoms with van der Waals surface area (Å²) in [5.41, 5.74) is 1.20. The molecule has 1 amide bonds. The molecule has 1 aliphatic heterocycles. The highest BCUT2D eigenvalue weighted by Gasteiger charge is 2.37. The van der Waals surface area contributed by atoms with Crippen molar-refractivity contribution in [2.45, 2.75) is 33.6 Å². The Morgan fingerprint density at radius 3 is 2.67 bits per heavy atom. The van der Waals surface area contributed by atoms with E-state index in [0.717, 1.165) is 32.8 Å². The van der Waals surface area contributed by atoms with Gasteiger partial charge >= 0.3 is 0 Å². The summed E-state index contributed by atoms with van der Waals surface area (Å²) < 4.78 is 11.1. The predicted molar refractivity (Wildman–Crippen MR) is 88.6 cm³/mol. The van der Waals surface area contributed by atoms with Crippen molar-refractivity contribution in [1.29, 1.82) is 0 Å². The number of nitrogens with one attached hydrogen (secondary N) is 2. The molecule has 24 heavy (non-hydrogen) atoms. The smallest absolute Gasteiger partial charge is 0.287 e. The molecule has 2 aliphatic rings. The molecule has 2 N–H and O–H groups in total. The van der Waals surface area contributed by atoms with Crippen molar-refractivity contribution < 1.29 is 23.6 Å². The highest BCUT2D eigenvalue weighted by molar-refractivity contribution is 6.03. The lowest BCUT2D eigenvalue weighted by atomic mass is 9.76. The molecular weight excluding hydrogens is 308 g/mol. The van der Waals surface area contributed by atoms with Crippen molar-refractivity contribution in [3.63, 3.8) is 0 Å². The minimum absolute atomic E-state index is 0.0827. The van der Waals surface area contributed by atoms with Crippen molar-refractivity contribution in [2.24, 2.45) is 5.41 Å². The van der Waals surface area contributed by atoms with Crippen LogP contribution in [-0.4, -0.2) is 51.1 Å². The van der Waals surface area contributed by atoms with E-state index < -0.39 is 0 Å². The fraction of sp³-hybridized carbons (Fsp3) is 0.667. The Balaban J connectivity index is 1.64. The predicted octanol–water partition coefficient (Wildman–Crippen LogP) is 0.388. The Labute approximate surface area is 142 Å². The summed E-state index contributed by atoms with van der Waals surface area (Å²) in [4.78, 5) is 26.3. The first-order valence-corrected chi connectivity index (χ1v) is 8.72. The maximum atomic E-state index is 12.4. The molecule has 0 saturated carbocycles. The van der Waals surface area contributed by atoms with E-state index in [-0.39, 0.29) is 17.1 Å². The molecule has 2 heterocycles. The fourth-order valence-corrected chi connectivity index (χ4v) is 3.64. The van der Waals surface area contributed by atoms with Crippen molar-refractivity contribution >= 4 is 11.7 Å². The summed E-state index contributed by atoms with van der Waals surface area (Å²) in [6, 6.07) is 0. The molecular formula is C18H27N2O4+. The van der Waals surface area contributed by atoms with Crippen LogP contribution < -0.4 is 10.2 Å². The number of hydrogen-bond acceptors (Lipinski definition) is 4. The van der Waals surface area contributed by atoms with Crippen LogP contribution in [-0.2, 0) is 11.2 Å². The number of amides is 1. The van der Waals surface area contributed by atoms with Gasteiger partial charge in [-0.05, 0) is 12.3 Å². The van der Waals surface area contributed by atoms with Gasteiger partial charge in [0, 0.05) is 18.4 Å². The van der Waals surface area contributed by atoms with Gasteiger partial charge in [0.05, 0.1) is 31.9 Å². The van der Waals surface area contributed by atoms with E-state index in [1.165, 1.54) is 4.90 Å². The van der Waals surface area contributed by atoms with E-state index in [1.54, 1.807) is 6.92 Å². The summed E-state index contributed by atoms with van der Waals surface area (Å²) in [7, 11) is 0. The Bertz CT molecular complexity index is 642. The van der Waals surface area contributed by atoms with Gasteiger partial charge in [-0.25, -0.2) is 0 Å². The highest BCUT2D eigenvalue weighted by Crippen LogP contribution is 2.38. The monoisotopic (exact) mass is 335 g/mol. The molecule has 1 saturated heterocycles. The zero-order valence-electron chi connectivity index (χ0n) is 14.8. The van der Waals surface area contributed by atoms with Gasteiger partial charge < -0.3 is 19.4 Å². The first-order chi connectivity index (χ1) is 11.4. The van der Waals surface area contributed by atoms with Gasteiger partial charge in [0.2, 0.25) is 0 Å². The molecule has 1 fully saturated rings. The number of ether oxygens (including phenoxy) is 1. The lowest BCUT2D eigenvalue weighted by Gasteiger charge is -2.27. The summed E-state index contributed by atoms with van der Waals surface area (Å²) >= 11 is 0. The number of quaternary nitrogens is 1. The molecule has 6 nitrogen and oxygen atoms in total. The van der Waals surface area contributed by atoms with E-state index >= 15 is 0 Å². The van der Waals surface area contributed by atoms with Crippen molar-refractivity contribution in [3.8, 4) is 0 Å². The lowest BCUT2D eigenvalue weighted by Crippen LogP contribution is -3.14. The van der Waals surface area contributed by atoms with Gasteiger partial charge in [-0.2, -0.15) is 0 Å². The Morgan fingerprint density at radius 1 is 1.25 bits per heavy atom. The summed E-state index contributed by atoms with van der Waals surface area (Å²) in [5, 5.41) is 2.93. The molecule has 6 heteroatoms. The number of hydrogen-bond donors (Lipinski definition) is 2. The number of morpholine rings is 1. The van der Waals surface area contributed by atoms with E-state index in [2.05, 4.69) is 19.2 Å². The Kier molecular flexibility index (Phi) is 4.78. The average molecular weight is 335 g/mol. The van der Waals surface area contributed by atoms with Crippen LogP contribution in [0.2, 0.25) is 0 Å². The number of rotatable bonds is 4. The van der Waals surface area contributed by atoms with Crippen LogP contribution in [0.15, 0.2) is 4.42 Å². The second kappa shape index (κ2) is 6.69. The van der Waals surface area contributed by atoms with E-state index in [1.807, 2.05) is 0 Å². The van der Waals surface area contributed by atoms with Crippen LogP contribution >= 0.6 is 0 Å². The molecule has 0 bridgehead atoms. The van der Waals surface area contributed by atoms with Gasteiger partial charge in [-0.1, -0.05) is 13.8 Å². The first kappa shape index (κ1) is 17.2. The number of furan rings is 1. The van der Waals surface area contributed by atoms with Crippen LogP contribution in [0.3, 0.4) is 0 Å². The van der Waals surface area contributed by atoms with E-state index in [0.29, 0.717) is 42.0 Å². The Hall–Kier alpha value is -1.66. The molecule has 0 aromatic carbocycles. The minimum atomic E-state index is -0.222. The van der Waals surface area contributed by atoms with E-state index in [9.17, 15) is 9.59 Å². The molecule has 0 radical (unpaired) electrons. The zero-order chi connectivity index (χ0) is 17.3. The third kappa shape index (κ3) is 3.54. The molecule has 1 aromatic rings. The maximum absolute atomic E-state index is 12.4.